The zero-order valence-corrected chi connectivity index (χ0v) is 18.2. The summed E-state index contributed by atoms with van der Waals surface area (Å²) >= 11 is 0. The molecule has 7 heteroatoms. The number of aromatic nitrogens is 3. The summed E-state index contributed by atoms with van der Waals surface area (Å²) in [7, 11) is 1.68. The Balaban J connectivity index is 0.000000628. The quantitative estimate of drug-likeness (QED) is 0.281. The fraction of sp³-hybridized carbons (Fsp3) is 0.208. The van der Waals surface area contributed by atoms with Crippen molar-refractivity contribution in [2.75, 3.05) is 19.0 Å². The van der Waals surface area contributed by atoms with Crippen LogP contribution in [0.2, 0.25) is 0 Å². The van der Waals surface area contributed by atoms with Crippen LogP contribution in [0.1, 0.15) is 30.0 Å². The number of carbonyl (C=O) groups excluding carboxylic acids is 1. The van der Waals surface area contributed by atoms with Gasteiger partial charge in [-0.15, -0.1) is 0 Å². The number of imidazole rings is 1. The molecular formula is C24H26N4O3. The summed E-state index contributed by atoms with van der Waals surface area (Å²) in [6.07, 6.45) is 4.38. The van der Waals surface area contributed by atoms with Crippen LogP contribution < -0.4 is 10.9 Å². The number of aryl methyl sites for hydroxylation is 1. The fourth-order valence-corrected chi connectivity index (χ4v) is 3.31. The minimum Gasteiger partial charge on any atom is -0.385 e. The molecule has 4 aromatic rings. The van der Waals surface area contributed by atoms with Gasteiger partial charge in [-0.2, -0.15) is 0 Å². The molecule has 0 saturated heterocycles. The second-order valence-electron chi connectivity index (χ2n) is 7.08. The van der Waals surface area contributed by atoms with E-state index in [0.29, 0.717) is 17.5 Å². The number of H-pyrrole nitrogens is 1. The van der Waals surface area contributed by atoms with E-state index < -0.39 is 0 Å². The summed E-state index contributed by atoms with van der Waals surface area (Å²) in [5.41, 5.74) is 4.06. The van der Waals surface area contributed by atoms with E-state index >= 15 is 0 Å². The van der Waals surface area contributed by atoms with E-state index in [1.807, 2.05) is 56.5 Å². The lowest BCUT2D eigenvalue weighted by atomic mass is 10.1. The Labute approximate surface area is 180 Å². The molecule has 0 fully saturated rings. The molecule has 31 heavy (non-hydrogen) atoms. The van der Waals surface area contributed by atoms with Crippen molar-refractivity contribution in [3.8, 4) is 0 Å². The van der Waals surface area contributed by atoms with Crippen molar-refractivity contribution in [3.05, 3.63) is 76.5 Å². The number of fused-ring (bicyclic) bond motifs is 5. The minimum atomic E-state index is -0.327. The van der Waals surface area contributed by atoms with E-state index in [-0.39, 0.29) is 16.9 Å². The Morgan fingerprint density at radius 2 is 2.00 bits per heavy atom. The number of anilines is 1. The van der Waals surface area contributed by atoms with Gasteiger partial charge in [0.1, 0.15) is 5.69 Å². The first-order valence-corrected chi connectivity index (χ1v) is 9.92. The standard InChI is InChI=1S/C21H18N4O2.C3H8O/c1-12(2)8-9-22-16-10-18-19(15-7-5-4-6-14(15)16)24-21(27)20-23-17(11-26)13(3)25(18)20;1-3-4-2/h4-11,22H,1H2,2-3H3,(H,24,27);3H2,1-2H3/b9-8-;. The minimum absolute atomic E-state index is 0.209. The predicted molar refractivity (Wildman–Crippen MR) is 126 cm³/mol. The molecule has 0 radical (unpaired) electrons. The second kappa shape index (κ2) is 9.40. The van der Waals surface area contributed by atoms with Gasteiger partial charge in [0.15, 0.2) is 6.29 Å². The highest BCUT2D eigenvalue weighted by atomic mass is 16.5. The largest absolute Gasteiger partial charge is 0.385 e. The molecule has 0 aliphatic carbocycles. The van der Waals surface area contributed by atoms with Crippen molar-refractivity contribution in [1.29, 1.82) is 0 Å². The summed E-state index contributed by atoms with van der Waals surface area (Å²) in [6, 6.07) is 9.78. The first kappa shape index (κ1) is 22.0. The van der Waals surface area contributed by atoms with Crippen LogP contribution in [0.15, 0.2) is 59.6 Å². The van der Waals surface area contributed by atoms with Crippen LogP contribution in [0.25, 0.3) is 27.5 Å². The lowest BCUT2D eigenvalue weighted by Crippen LogP contribution is -2.12. The van der Waals surface area contributed by atoms with Crippen LogP contribution in [0.3, 0.4) is 0 Å². The summed E-state index contributed by atoms with van der Waals surface area (Å²) in [5, 5.41) is 5.17. The SMILES string of the molecule is C=C(C)/C=C\Nc1cc2c([nH]c(=O)c3nc(C=O)c(C)n32)c2ccccc12.CCOC. The lowest BCUT2D eigenvalue weighted by Gasteiger charge is -2.12. The van der Waals surface area contributed by atoms with Gasteiger partial charge in [0.05, 0.1) is 16.7 Å². The molecule has 160 valence electrons. The number of allylic oxidation sites excluding steroid dienone is 2. The van der Waals surface area contributed by atoms with E-state index in [0.717, 1.165) is 34.2 Å². The number of hydrogen-bond donors (Lipinski definition) is 2. The Kier molecular flexibility index (Phi) is 6.67. The van der Waals surface area contributed by atoms with Crippen LogP contribution in [0.5, 0.6) is 0 Å². The molecule has 7 nitrogen and oxygen atoms in total. The molecule has 2 aromatic carbocycles. The maximum atomic E-state index is 12.6. The van der Waals surface area contributed by atoms with Gasteiger partial charge in [-0.05, 0) is 32.9 Å². The van der Waals surface area contributed by atoms with Crippen LogP contribution in [-0.2, 0) is 4.74 Å². The second-order valence-corrected chi connectivity index (χ2v) is 7.08. The van der Waals surface area contributed by atoms with Gasteiger partial charge in [-0.1, -0.05) is 36.4 Å². The van der Waals surface area contributed by atoms with E-state index in [9.17, 15) is 9.59 Å². The van der Waals surface area contributed by atoms with Crippen LogP contribution in [-0.4, -0.2) is 34.4 Å². The number of benzene rings is 2. The highest BCUT2D eigenvalue weighted by molar-refractivity contribution is 6.10. The normalized spacial score (nSPS) is 11.1. The summed E-state index contributed by atoms with van der Waals surface area (Å²) in [5.74, 6) is 0. The molecule has 0 unspecified atom stereocenters. The number of nitrogens with one attached hydrogen (secondary N) is 2. The molecule has 2 aromatic heterocycles. The highest BCUT2D eigenvalue weighted by Gasteiger charge is 2.16. The summed E-state index contributed by atoms with van der Waals surface area (Å²) in [6.45, 7) is 10.3. The average Bonchev–Trinajstić information content (AvgIpc) is 3.11. The van der Waals surface area contributed by atoms with Gasteiger partial charge in [0.25, 0.3) is 5.56 Å². The van der Waals surface area contributed by atoms with Crippen molar-refractivity contribution in [2.45, 2.75) is 20.8 Å². The van der Waals surface area contributed by atoms with Crippen molar-refractivity contribution in [1.82, 2.24) is 14.4 Å². The third-order valence-electron chi connectivity index (χ3n) is 4.86. The molecule has 0 aliphatic heterocycles. The molecule has 2 heterocycles. The Hall–Kier alpha value is -3.71. The Morgan fingerprint density at radius 3 is 2.61 bits per heavy atom. The number of methoxy groups -OCH3 is 1. The maximum absolute atomic E-state index is 12.6. The number of aldehydes is 1. The van der Waals surface area contributed by atoms with E-state index in [2.05, 4.69) is 26.6 Å². The average molecular weight is 418 g/mol. The van der Waals surface area contributed by atoms with Gasteiger partial charge in [-0.25, -0.2) is 4.98 Å². The zero-order valence-electron chi connectivity index (χ0n) is 18.2. The van der Waals surface area contributed by atoms with Crippen LogP contribution in [0, 0.1) is 6.92 Å². The maximum Gasteiger partial charge on any atom is 0.292 e. The molecule has 4 rings (SSSR count). The highest BCUT2D eigenvalue weighted by Crippen LogP contribution is 2.31. The van der Waals surface area contributed by atoms with E-state index in [1.54, 1.807) is 18.4 Å². The predicted octanol–water partition coefficient (Wildman–Crippen LogP) is 4.60. The van der Waals surface area contributed by atoms with E-state index in [4.69, 9.17) is 0 Å². The Morgan fingerprint density at radius 1 is 1.32 bits per heavy atom. The molecule has 0 bridgehead atoms. The van der Waals surface area contributed by atoms with Crippen LogP contribution in [0.4, 0.5) is 5.69 Å². The van der Waals surface area contributed by atoms with Gasteiger partial charge in [0, 0.05) is 36.4 Å². The van der Waals surface area contributed by atoms with E-state index in [1.165, 1.54) is 0 Å². The number of carbonyl (C=O) groups is 1. The first-order chi connectivity index (χ1) is 14.9. The third-order valence-corrected chi connectivity index (χ3v) is 4.86. The van der Waals surface area contributed by atoms with Crippen LogP contribution >= 0.6 is 0 Å². The number of nitrogens with zero attached hydrogens (tertiary/aromatic N) is 2. The first-order valence-electron chi connectivity index (χ1n) is 9.92. The van der Waals surface area contributed by atoms with Crippen molar-refractivity contribution in [2.24, 2.45) is 0 Å². The number of rotatable bonds is 5. The molecule has 0 aliphatic rings. The van der Waals surface area contributed by atoms with Gasteiger partial charge < -0.3 is 15.0 Å². The molecule has 0 amide bonds. The molecule has 0 saturated carbocycles. The van der Waals surface area contributed by atoms with Gasteiger partial charge in [0.2, 0.25) is 5.65 Å². The number of aromatic amines is 1. The number of ether oxygens (including phenoxy) is 1. The number of hydrogen-bond acceptors (Lipinski definition) is 5. The van der Waals surface area contributed by atoms with Crippen molar-refractivity contribution in [3.63, 3.8) is 0 Å². The topological polar surface area (TPSA) is 88.5 Å². The zero-order chi connectivity index (χ0) is 22.5. The van der Waals surface area contributed by atoms with Crippen molar-refractivity contribution < 1.29 is 9.53 Å². The fourth-order valence-electron chi connectivity index (χ4n) is 3.31. The summed E-state index contributed by atoms with van der Waals surface area (Å²) in [4.78, 5) is 31.0. The Bertz CT molecular complexity index is 1360. The molecule has 2 N–H and O–H groups in total. The molecule has 0 spiro atoms. The lowest BCUT2D eigenvalue weighted by molar-refractivity contribution is 0.111. The molecule has 0 atom stereocenters. The van der Waals surface area contributed by atoms with Crippen molar-refractivity contribution >= 4 is 39.4 Å². The van der Waals surface area contributed by atoms with Gasteiger partial charge >= 0.3 is 0 Å². The third kappa shape index (κ3) is 4.27. The smallest absolute Gasteiger partial charge is 0.292 e. The molecular weight excluding hydrogens is 392 g/mol. The van der Waals surface area contributed by atoms with Gasteiger partial charge in [-0.3, -0.25) is 14.0 Å². The summed E-state index contributed by atoms with van der Waals surface area (Å²) < 4.78 is 6.28. The monoisotopic (exact) mass is 418 g/mol.